The quantitative estimate of drug-likeness (QED) is 0.748. The van der Waals surface area contributed by atoms with Crippen LogP contribution in [0.5, 0.6) is 0 Å². The molecule has 1 aromatic carbocycles. The molecule has 70 valence electrons. The lowest BCUT2D eigenvalue weighted by atomic mass is 9.87. The zero-order valence-corrected chi connectivity index (χ0v) is 7.29. The molecule has 0 spiro atoms. The van der Waals surface area contributed by atoms with E-state index in [0.717, 1.165) is 18.6 Å². The lowest BCUT2D eigenvalue weighted by Crippen LogP contribution is -2.46. The van der Waals surface area contributed by atoms with Gasteiger partial charge in [-0.25, -0.2) is 4.39 Å². The first-order valence-electron chi connectivity index (χ1n) is 4.37. The Kier molecular flexibility index (Phi) is 2.06. The van der Waals surface area contributed by atoms with Crippen LogP contribution in [0.4, 0.5) is 4.39 Å². The van der Waals surface area contributed by atoms with Crippen LogP contribution in [0.15, 0.2) is 24.3 Å². The summed E-state index contributed by atoms with van der Waals surface area (Å²) in [6, 6.07) is 6.35. The van der Waals surface area contributed by atoms with Gasteiger partial charge in [0.1, 0.15) is 11.4 Å². The van der Waals surface area contributed by atoms with E-state index in [1.54, 1.807) is 12.1 Å². The summed E-state index contributed by atoms with van der Waals surface area (Å²) in [5.74, 6) is -0.227. The maximum atomic E-state index is 12.6. The second kappa shape index (κ2) is 3.09. The molecule has 0 amide bonds. The first kappa shape index (κ1) is 8.66. The molecule has 0 saturated carbocycles. The van der Waals surface area contributed by atoms with E-state index in [1.807, 2.05) is 0 Å². The van der Waals surface area contributed by atoms with Crippen molar-refractivity contribution < 1.29 is 9.13 Å². The van der Waals surface area contributed by atoms with Gasteiger partial charge >= 0.3 is 0 Å². The number of hydrogen-bond acceptors (Lipinski definition) is 2. The molecule has 1 atom stereocenters. The Morgan fingerprint density at radius 2 is 2.00 bits per heavy atom. The lowest BCUT2D eigenvalue weighted by molar-refractivity contribution is -0.146. The molecule has 13 heavy (non-hydrogen) atoms. The van der Waals surface area contributed by atoms with E-state index in [-0.39, 0.29) is 11.4 Å². The molecule has 0 aromatic heterocycles. The van der Waals surface area contributed by atoms with Crippen molar-refractivity contribution in [2.24, 2.45) is 5.73 Å². The van der Waals surface area contributed by atoms with Crippen LogP contribution in [0.2, 0.25) is 0 Å². The Morgan fingerprint density at radius 1 is 1.38 bits per heavy atom. The highest BCUT2D eigenvalue weighted by Crippen LogP contribution is 2.36. The van der Waals surface area contributed by atoms with Gasteiger partial charge in [0.2, 0.25) is 0 Å². The fourth-order valence-electron chi connectivity index (χ4n) is 1.61. The number of nitrogens with two attached hydrogens (primary N) is 1. The van der Waals surface area contributed by atoms with E-state index in [2.05, 4.69) is 0 Å². The first-order chi connectivity index (χ1) is 6.27. The van der Waals surface area contributed by atoms with Gasteiger partial charge in [-0.1, -0.05) is 12.1 Å². The molecular weight excluding hydrogens is 169 g/mol. The molecule has 1 fully saturated rings. The van der Waals surface area contributed by atoms with Crippen molar-refractivity contribution in [2.75, 3.05) is 13.2 Å². The number of hydrogen-bond donors (Lipinski definition) is 1. The van der Waals surface area contributed by atoms with E-state index in [0.29, 0.717) is 6.54 Å². The second-order valence-corrected chi connectivity index (χ2v) is 3.30. The fourth-order valence-corrected chi connectivity index (χ4v) is 1.61. The number of benzene rings is 1. The van der Waals surface area contributed by atoms with Gasteiger partial charge in [0.15, 0.2) is 0 Å². The largest absolute Gasteiger partial charge is 0.369 e. The molecule has 2 rings (SSSR count). The third-order valence-electron chi connectivity index (χ3n) is 2.58. The van der Waals surface area contributed by atoms with Crippen molar-refractivity contribution in [2.45, 2.75) is 12.0 Å². The van der Waals surface area contributed by atoms with Crippen molar-refractivity contribution in [3.63, 3.8) is 0 Å². The third-order valence-corrected chi connectivity index (χ3v) is 2.58. The molecule has 2 N–H and O–H groups in total. The lowest BCUT2D eigenvalue weighted by Gasteiger charge is -2.41. The minimum absolute atomic E-state index is 0.227. The molecule has 1 aromatic rings. The van der Waals surface area contributed by atoms with Crippen LogP contribution in [0.3, 0.4) is 0 Å². The SMILES string of the molecule is NCC1(c2ccc(F)cc2)CCO1. The minimum Gasteiger partial charge on any atom is -0.369 e. The van der Waals surface area contributed by atoms with Crippen molar-refractivity contribution in [1.29, 1.82) is 0 Å². The summed E-state index contributed by atoms with van der Waals surface area (Å²) in [6.07, 6.45) is 0.926. The predicted octanol–water partition coefficient (Wildman–Crippen LogP) is 1.40. The van der Waals surface area contributed by atoms with Gasteiger partial charge in [-0.2, -0.15) is 0 Å². The summed E-state index contributed by atoms with van der Waals surface area (Å²) >= 11 is 0. The number of halogens is 1. The Hall–Kier alpha value is -0.930. The van der Waals surface area contributed by atoms with Crippen molar-refractivity contribution >= 4 is 0 Å². The van der Waals surface area contributed by atoms with Crippen LogP contribution in [0.25, 0.3) is 0 Å². The van der Waals surface area contributed by atoms with Crippen LogP contribution >= 0.6 is 0 Å². The molecule has 0 aliphatic carbocycles. The molecule has 0 bridgehead atoms. The molecule has 3 heteroatoms. The Morgan fingerprint density at radius 3 is 2.38 bits per heavy atom. The summed E-state index contributed by atoms with van der Waals surface area (Å²) < 4.78 is 18.1. The Balaban J connectivity index is 2.28. The van der Waals surface area contributed by atoms with Crippen LogP contribution in [0, 0.1) is 5.82 Å². The van der Waals surface area contributed by atoms with Crippen LogP contribution < -0.4 is 5.73 Å². The van der Waals surface area contributed by atoms with Crippen LogP contribution in [-0.4, -0.2) is 13.2 Å². The smallest absolute Gasteiger partial charge is 0.123 e. The van der Waals surface area contributed by atoms with Gasteiger partial charge in [0, 0.05) is 13.0 Å². The Labute approximate surface area is 76.5 Å². The average molecular weight is 181 g/mol. The number of rotatable bonds is 2. The van der Waals surface area contributed by atoms with Crippen molar-refractivity contribution in [3.8, 4) is 0 Å². The second-order valence-electron chi connectivity index (χ2n) is 3.30. The van der Waals surface area contributed by atoms with Gasteiger partial charge in [0.25, 0.3) is 0 Å². The molecule has 1 aliphatic rings. The average Bonchev–Trinajstić information content (AvgIpc) is 2.07. The van der Waals surface area contributed by atoms with E-state index in [4.69, 9.17) is 10.5 Å². The van der Waals surface area contributed by atoms with Crippen molar-refractivity contribution in [3.05, 3.63) is 35.6 Å². The Bertz CT molecular complexity index is 287. The zero-order valence-electron chi connectivity index (χ0n) is 7.29. The standard InChI is InChI=1S/C10H12FNO/c11-9-3-1-8(2-4-9)10(7-12)5-6-13-10/h1-4H,5-7,12H2. The molecule has 1 heterocycles. The summed E-state index contributed by atoms with van der Waals surface area (Å²) in [4.78, 5) is 0. The monoisotopic (exact) mass is 181 g/mol. The third kappa shape index (κ3) is 1.34. The van der Waals surface area contributed by atoms with Gasteiger partial charge < -0.3 is 10.5 Å². The highest BCUT2D eigenvalue weighted by molar-refractivity contribution is 5.25. The van der Waals surface area contributed by atoms with Crippen LogP contribution in [-0.2, 0) is 10.3 Å². The van der Waals surface area contributed by atoms with Gasteiger partial charge in [0.05, 0.1) is 6.61 Å². The summed E-state index contributed by atoms with van der Waals surface area (Å²) in [7, 11) is 0. The molecule has 2 nitrogen and oxygen atoms in total. The van der Waals surface area contributed by atoms with E-state index in [9.17, 15) is 4.39 Å². The maximum Gasteiger partial charge on any atom is 0.123 e. The van der Waals surface area contributed by atoms with Gasteiger partial charge in [-0.05, 0) is 17.7 Å². The zero-order chi connectivity index (χ0) is 9.31. The topological polar surface area (TPSA) is 35.2 Å². The summed E-state index contributed by atoms with van der Waals surface area (Å²) in [5.41, 5.74) is 6.26. The minimum atomic E-state index is -0.340. The highest BCUT2D eigenvalue weighted by Gasteiger charge is 2.38. The first-order valence-corrected chi connectivity index (χ1v) is 4.37. The van der Waals surface area contributed by atoms with Gasteiger partial charge in [-0.3, -0.25) is 0 Å². The highest BCUT2D eigenvalue weighted by atomic mass is 19.1. The van der Waals surface area contributed by atoms with E-state index in [1.165, 1.54) is 12.1 Å². The maximum absolute atomic E-state index is 12.6. The molecule has 0 radical (unpaired) electrons. The predicted molar refractivity (Wildman–Crippen MR) is 47.7 cm³/mol. The van der Waals surface area contributed by atoms with E-state index >= 15 is 0 Å². The normalized spacial score (nSPS) is 26.9. The van der Waals surface area contributed by atoms with Crippen LogP contribution in [0.1, 0.15) is 12.0 Å². The van der Waals surface area contributed by atoms with Gasteiger partial charge in [-0.15, -0.1) is 0 Å². The van der Waals surface area contributed by atoms with E-state index < -0.39 is 0 Å². The van der Waals surface area contributed by atoms with Crippen molar-refractivity contribution in [1.82, 2.24) is 0 Å². The molecule has 1 saturated heterocycles. The fraction of sp³-hybridized carbons (Fsp3) is 0.400. The molecule has 1 aliphatic heterocycles. The molecule has 1 unspecified atom stereocenters. The summed E-state index contributed by atoms with van der Waals surface area (Å²) in [6.45, 7) is 1.20. The summed E-state index contributed by atoms with van der Waals surface area (Å²) in [5, 5.41) is 0. The molecular formula is C10H12FNO. The number of ether oxygens (including phenoxy) is 1.